The number of carbonyl (C=O) groups is 1. The van der Waals surface area contributed by atoms with Crippen LogP contribution in [0.3, 0.4) is 0 Å². The Morgan fingerprint density at radius 3 is 2.63 bits per heavy atom. The van der Waals surface area contributed by atoms with Crippen molar-refractivity contribution in [3.8, 4) is 5.69 Å². The zero-order chi connectivity index (χ0) is 20.3. The summed E-state index contributed by atoms with van der Waals surface area (Å²) >= 11 is 0. The molecule has 1 fully saturated rings. The number of fused-ring (bicyclic) bond motifs is 1. The van der Waals surface area contributed by atoms with Crippen molar-refractivity contribution in [3.05, 3.63) is 72.6 Å². The molecule has 152 valence electrons. The Labute approximate surface area is 174 Å². The maximum Gasteiger partial charge on any atom is 0.227 e. The second-order valence-electron chi connectivity index (χ2n) is 7.59. The number of H-pyrrole nitrogens is 1. The Bertz CT molecular complexity index is 1100. The predicted octanol–water partition coefficient (Wildman–Crippen LogP) is 3.03. The monoisotopic (exact) mass is 400 g/mol. The fourth-order valence-corrected chi connectivity index (χ4v) is 3.94. The maximum absolute atomic E-state index is 12.9. The Kier molecular flexibility index (Phi) is 4.93. The molecule has 1 N–H and O–H groups in total. The molecule has 0 unspecified atom stereocenters. The molecule has 2 aromatic heterocycles. The summed E-state index contributed by atoms with van der Waals surface area (Å²) in [6.45, 7) is 3.16. The van der Waals surface area contributed by atoms with E-state index in [-0.39, 0.29) is 5.91 Å². The van der Waals surface area contributed by atoms with Crippen molar-refractivity contribution in [1.29, 1.82) is 0 Å². The molecule has 0 bridgehead atoms. The predicted molar refractivity (Wildman–Crippen MR) is 117 cm³/mol. The van der Waals surface area contributed by atoms with Gasteiger partial charge in [-0.15, -0.1) is 0 Å². The summed E-state index contributed by atoms with van der Waals surface area (Å²) in [5.41, 5.74) is 4.04. The summed E-state index contributed by atoms with van der Waals surface area (Å²) in [6, 6.07) is 18.0. The first kappa shape index (κ1) is 18.4. The van der Waals surface area contributed by atoms with E-state index in [1.165, 1.54) is 0 Å². The molecule has 1 amide bonds. The summed E-state index contributed by atoms with van der Waals surface area (Å²) in [5.74, 6) is 1.06. The van der Waals surface area contributed by atoms with E-state index in [1.807, 2.05) is 70.4 Å². The first-order chi connectivity index (χ1) is 14.8. The standard InChI is InChI=1S/C23H24N6O/c30-22(17-18-7-9-19(10-8-18)29-14-3-11-24-29)27-12-4-13-28(16-15-27)23-25-20-5-1-2-6-21(20)26-23/h1-3,5-11,14H,4,12-13,15-17H2,(H,25,26). The van der Waals surface area contributed by atoms with E-state index in [0.29, 0.717) is 13.0 Å². The average molecular weight is 400 g/mol. The molecule has 4 aromatic rings. The second kappa shape index (κ2) is 8.02. The van der Waals surface area contributed by atoms with E-state index in [2.05, 4.69) is 15.0 Å². The van der Waals surface area contributed by atoms with Gasteiger partial charge in [0.05, 0.1) is 23.1 Å². The lowest BCUT2D eigenvalue weighted by Crippen LogP contribution is -2.36. The smallest absolute Gasteiger partial charge is 0.227 e. The largest absolute Gasteiger partial charge is 0.341 e. The van der Waals surface area contributed by atoms with Crippen molar-refractivity contribution in [2.45, 2.75) is 12.8 Å². The minimum atomic E-state index is 0.174. The topological polar surface area (TPSA) is 70.1 Å². The number of nitrogens with one attached hydrogen (secondary N) is 1. The highest BCUT2D eigenvalue weighted by Gasteiger charge is 2.21. The van der Waals surface area contributed by atoms with Crippen LogP contribution in [0.1, 0.15) is 12.0 Å². The molecule has 2 aromatic carbocycles. The lowest BCUT2D eigenvalue weighted by molar-refractivity contribution is -0.130. The van der Waals surface area contributed by atoms with Crippen LogP contribution in [0.2, 0.25) is 0 Å². The number of nitrogens with zero attached hydrogens (tertiary/aromatic N) is 5. The number of benzene rings is 2. The third-order valence-corrected chi connectivity index (χ3v) is 5.59. The van der Waals surface area contributed by atoms with Gasteiger partial charge >= 0.3 is 0 Å². The average Bonchev–Trinajstić information content (AvgIpc) is 3.39. The molecule has 1 aliphatic heterocycles. The lowest BCUT2D eigenvalue weighted by Gasteiger charge is -2.22. The molecule has 0 saturated carbocycles. The lowest BCUT2D eigenvalue weighted by atomic mass is 10.1. The number of carbonyl (C=O) groups excluding carboxylic acids is 1. The quantitative estimate of drug-likeness (QED) is 0.572. The Hall–Kier alpha value is -3.61. The third-order valence-electron chi connectivity index (χ3n) is 5.59. The van der Waals surface area contributed by atoms with E-state index >= 15 is 0 Å². The SMILES string of the molecule is O=C(Cc1ccc(-n2cccn2)cc1)N1CCCN(c2nc3ccccc3[nH]2)CC1. The van der Waals surface area contributed by atoms with Crippen molar-refractivity contribution < 1.29 is 4.79 Å². The van der Waals surface area contributed by atoms with Crippen molar-refractivity contribution in [3.63, 3.8) is 0 Å². The van der Waals surface area contributed by atoms with Crippen LogP contribution in [0.5, 0.6) is 0 Å². The minimum absolute atomic E-state index is 0.174. The van der Waals surface area contributed by atoms with Gasteiger partial charge in [-0.2, -0.15) is 5.10 Å². The van der Waals surface area contributed by atoms with Gasteiger partial charge in [-0.1, -0.05) is 24.3 Å². The molecule has 7 heteroatoms. The van der Waals surface area contributed by atoms with Crippen LogP contribution in [0.25, 0.3) is 16.7 Å². The van der Waals surface area contributed by atoms with E-state index in [9.17, 15) is 4.79 Å². The van der Waals surface area contributed by atoms with Crippen molar-refractivity contribution in [2.24, 2.45) is 0 Å². The molecule has 0 spiro atoms. The number of hydrogen-bond donors (Lipinski definition) is 1. The van der Waals surface area contributed by atoms with Crippen LogP contribution in [-0.2, 0) is 11.2 Å². The summed E-state index contributed by atoms with van der Waals surface area (Å²) < 4.78 is 1.81. The van der Waals surface area contributed by atoms with Crippen molar-refractivity contribution in [2.75, 3.05) is 31.1 Å². The molecule has 3 heterocycles. The van der Waals surface area contributed by atoms with Gasteiger partial charge in [0.2, 0.25) is 11.9 Å². The van der Waals surface area contributed by atoms with Crippen molar-refractivity contribution >= 4 is 22.9 Å². The molecular weight excluding hydrogens is 376 g/mol. The zero-order valence-electron chi connectivity index (χ0n) is 16.7. The summed E-state index contributed by atoms with van der Waals surface area (Å²) in [7, 11) is 0. The number of rotatable bonds is 4. The number of aromatic nitrogens is 4. The first-order valence-corrected chi connectivity index (χ1v) is 10.3. The van der Waals surface area contributed by atoms with Crippen LogP contribution in [0, 0.1) is 0 Å². The molecule has 7 nitrogen and oxygen atoms in total. The molecule has 1 saturated heterocycles. The highest BCUT2D eigenvalue weighted by Crippen LogP contribution is 2.19. The third kappa shape index (κ3) is 3.78. The van der Waals surface area contributed by atoms with Crippen LogP contribution in [-0.4, -0.2) is 56.7 Å². The molecule has 0 atom stereocenters. The van der Waals surface area contributed by atoms with Crippen LogP contribution >= 0.6 is 0 Å². The number of para-hydroxylation sites is 2. The van der Waals surface area contributed by atoms with E-state index in [4.69, 9.17) is 4.98 Å². The number of anilines is 1. The van der Waals surface area contributed by atoms with Crippen LogP contribution < -0.4 is 4.90 Å². The summed E-state index contributed by atoms with van der Waals surface area (Å²) in [6.07, 6.45) is 5.02. The van der Waals surface area contributed by atoms with Gasteiger partial charge in [0, 0.05) is 38.6 Å². The molecule has 1 aliphatic rings. The van der Waals surface area contributed by atoms with Gasteiger partial charge in [-0.25, -0.2) is 9.67 Å². The van der Waals surface area contributed by atoms with E-state index in [1.54, 1.807) is 6.20 Å². The second-order valence-corrected chi connectivity index (χ2v) is 7.59. The number of imidazole rings is 1. The summed E-state index contributed by atoms with van der Waals surface area (Å²) in [4.78, 5) is 25.2. The van der Waals surface area contributed by atoms with Gasteiger partial charge in [0.15, 0.2) is 0 Å². The summed E-state index contributed by atoms with van der Waals surface area (Å²) in [5, 5.41) is 4.24. The molecule has 5 rings (SSSR count). The van der Waals surface area contributed by atoms with E-state index in [0.717, 1.165) is 54.3 Å². The van der Waals surface area contributed by atoms with E-state index < -0.39 is 0 Å². The fourth-order valence-electron chi connectivity index (χ4n) is 3.94. The molecule has 30 heavy (non-hydrogen) atoms. The fraction of sp³-hybridized carbons (Fsp3) is 0.261. The Balaban J connectivity index is 1.21. The molecule has 0 aliphatic carbocycles. The van der Waals surface area contributed by atoms with Crippen molar-refractivity contribution in [1.82, 2.24) is 24.6 Å². The van der Waals surface area contributed by atoms with Gasteiger partial charge in [0.1, 0.15) is 0 Å². The van der Waals surface area contributed by atoms with Gasteiger partial charge in [-0.3, -0.25) is 4.79 Å². The maximum atomic E-state index is 12.9. The minimum Gasteiger partial charge on any atom is -0.341 e. The Morgan fingerprint density at radius 2 is 1.83 bits per heavy atom. The number of hydrogen-bond acceptors (Lipinski definition) is 4. The van der Waals surface area contributed by atoms with Gasteiger partial charge < -0.3 is 14.8 Å². The van der Waals surface area contributed by atoms with Gasteiger partial charge in [-0.05, 0) is 42.3 Å². The van der Waals surface area contributed by atoms with Gasteiger partial charge in [0.25, 0.3) is 0 Å². The Morgan fingerprint density at radius 1 is 0.967 bits per heavy atom. The van der Waals surface area contributed by atoms with Crippen LogP contribution in [0.15, 0.2) is 67.0 Å². The molecular formula is C23H24N6O. The highest BCUT2D eigenvalue weighted by molar-refractivity contribution is 5.79. The highest BCUT2D eigenvalue weighted by atomic mass is 16.2. The number of aromatic amines is 1. The zero-order valence-corrected chi connectivity index (χ0v) is 16.7. The van der Waals surface area contributed by atoms with Crippen LogP contribution in [0.4, 0.5) is 5.95 Å². The molecule has 0 radical (unpaired) electrons. The normalized spacial score (nSPS) is 14.8. The number of amides is 1. The first-order valence-electron chi connectivity index (χ1n) is 10.3.